The molecule has 0 aromatic heterocycles. The Morgan fingerprint density at radius 2 is 1.74 bits per heavy atom. The fourth-order valence-electron chi connectivity index (χ4n) is 2.65. The van der Waals surface area contributed by atoms with Gasteiger partial charge in [0.05, 0.1) is 12.2 Å². The SMILES string of the molecule is C=C=CC(CC)(CCCC)C(O)C(O)CCCCC. The van der Waals surface area contributed by atoms with Crippen molar-refractivity contribution in [2.45, 2.75) is 84.3 Å². The molecule has 0 saturated heterocycles. The van der Waals surface area contributed by atoms with Crippen molar-refractivity contribution >= 4 is 0 Å². The van der Waals surface area contributed by atoms with Gasteiger partial charge in [-0.1, -0.05) is 59.5 Å². The number of hydrogen-bond acceptors (Lipinski definition) is 2. The Morgan fingerprint density at radius 1 is 1.11 bits per heavy atom. The van der Waals surface area contributed by atoms with E-state index >= 15 is 0 Å². The fourth-order valence-corrected chi connectivity index (χ4v) is 2.65. The molecule has 0 aliphatic carbocycles. The van der Waals surface area contributed by atoms with Gasteiger partial charge in [0.2, 0.25) is 0 Å². The van der Waals surface area contributed by atoms with E-state index in [0.29, 0.717) is 6.42 Å². The van der Waals surface area contributed by atoms with E-state index in [9.17, 15) is 10.2 Å². The Bertz CT molecular complexity index is 268. The highest BCUT2D eigenvalue weighted by Crippen LogP contribution is 2.36. The molecule has 2 N–H and O–H groups in total. The molecular formula is C17H32O2. The average Bonchev–Trinajstić information content (AvgIpc) is 2.43. The van der Waals surface area contributed by atoms with Gasteiger partial charge in [-0.15, -0.1) is 5.73 Å². The first-order valence-electron chi connectivity index (χ1n) is 7.81. The Morgan fingerprint density at radius 3 is 2.21 bits per heavy atom. The highest BCUT2D eigenvalue weighted by Gasteiger charge is 2.37. The van der Waals surface area contributed by atoms with Gasteiger partial charge in [0, 0.05) is 5.41 Å². The van der Waals surface area contributed by atoms with Crippen molar-refractivity contribution in [2.24, 2.45) is 5.41 Å². The van der Waals surface area contributed by atoms with Crippen LogP contribution in [0.1, 0.15) is 72.1 Å². The number of aliphatic hydroxyl groups is 2. The summed E-state index contributed by atoms with van der Waals surface area (Å²) in [6, 6.07) is 0. The van der Waals surface area contributed by atoms with Crippen LogP contribution < -0.4 is 0 Å². The van der Waals surface area contributed by atoms with Gasteiger partial charge in [-0.3, -0.25) is 0 Å². The van der Waals surface area contributed by atoms with E-state index in [1.165, 1.54) is 0 Å². The zero-order valence-corrected chi connectivity index (χ0v) is 13.0. The summed E-state index contributed by atoms with van der Waals surface area (Å²) in [6.45, 7) is 9.99. The molecule has 0 radical (unpaired) electrons. The lowest BCUT2D eigenvalue weighted by atomic mass is 9.72. The molecule has 0 amide bonds. The van der Waals surface area contributed by atoms with Crippen LogP contribution in [0.25, 0.3) is 0 Å². The van der Waals surface area contributed by atoms with E-state index in [4.69, 9.17) is 0 Å². The van der Waals surface area contributed by atoms with E-state index in [2.05, 4.69) is 33.1 Å². The van der Waals surface area contributed by atoms with Gasteiger partial charge in [-0.05, 0) is 25.3 Å². The molecule has 0 aliphatic heterocycles. The monoisotopic (exact) mass is 268 g/mol. The third-order valence-electron chi connectivity index (χ3n) is 4.10. The Hall–Kier alpha value is -0.560. The molecule has 19 heavy (non-hydrogen) atoms. The standard InChI is InChI=1S/C17H32O2/c1-5-9-11-12-15(18)16(19)17(8-4,13-7-3)14-10-6-2/h13,15-16,18-19H,3,5-6,8-12,14H2,1-2,4H3. The third kappa shape index (κ3) is 5.95. The quantitative estimate of drug-likeness (QED) is 0.435. The van der Waals surface area contributed by atoms with Gasteiger partial charge in [0.1, 0.15) is 0 Å². The van der Waals surface area contributed by atoms with Crippen LogP contribution in [0.4, 0.5) is 0 Å². The van der Waals surface area contributed by atoms with Gasteiger partial charge < -0.3 is 10.2 Å². The molecule has 0 heterocycles. The van der Waals surface area contributed by atoms with Crippen molar-refractivity contribution in [3.63, 3.8) is 0 Å². The van der Waals surface area contributed by atoms with Crippen molar-refractivity contribution in [2.75, 3.05) is 0 Å². The van der Waals surface area contributed by atoms with E-state index in [1.54, 1.807) is 0 Å². The second kappa shape index (κ2) is 10.3. The first-order valence-corrected chi connectivity index (χ1v) is 7.81. The minimum absolute atomic E-state index is 0.372. The second-order valence-electron chi connectivity index (χ2n) is 5.55. The molecule has 0 spiro atoms. The molecule has 0 fully saturated rings. The van der Waals surface area contributed by atoms with Gasteiger partial charge in [-0.25, -0.2) is 0 Å². The molecule has 0 aliphatic rings. The maximum Gasteiger partial charge on any atom is 0.0895 e. The lowest BCUT2D eigenvalue weighted by Crippen LogP contribution is -2.42. The smallest absolute Gasteiger partial charge is 0.0895 e. The summed E-state index contributed by atoms with van der Waals surface area (Å²) in [6.07, 6.45) is 8.22. The first-order chi connectivity index (χ1) is 9.07. The molecule has 112 valence electrons. The molecule has 0 aromatic carbocycles. The number of rotatable bonds is 11. The van der Waals surface area contributed by atoms with Crippen LogP contribution in [0, 0.1) is 5.41 Å². The minimum atomic E-state index is -0.713. The van der Waals surface area contributed by atoms with Crippen LogP contribution in [-0.4, -0.2) is 22.4 Å². The number of aliphatic hydroxyl groups excluding tert-OH is 2. The summed E-state index contributed by atoms with van der Waals surface area (Å²) in [4.78, 5) is 0. The second-order valence-corrected chi connectivity index (χ2v) is 5.55. The molecule has 0 bridgehead atoms. The van der Waals surface area contributed by atoms with Crippen LogP contribution in [0.2, 0.25) is 0 Å². The Kier molecular flexibility index (Phi) is 9.95. The van der Waals surface area contributed by atoms with Crippen LogP contribution in [0.5, 0.6) is 0 Å². The van der Waals surface area contributed by atoms with Crippen LogP contribution in [0.3, 0.4) is 0 Å². The largest absolute Gasteiger partial charge is 0.390 e. The zero-order valence-electron chi connectivity index (χ0n) is 13.0. The molecule has 2 heteroatoms. The lowest BCUT2D eigenvalue weighted by Gasteiger charge is -2.37. The van der Waals surface area contributed by atoms with E-state index in [1.807, 2.05) is 6.08 Å². The summed E-state index contributed by atoms with van der Waals surface area (Å²) >= 11 is 0. The molecule has 0 saturated carbocycles. The van der Waals surface area contributed by atoms with Crippen molar-refractivity contribution in [1.29, 1.82) is 0 Å². The van der Waals surface area contributed by atoms with Gasteiger partial charge in [-0.2, -0.15) is 0 Å². The molecule has 0 aromatic rings. The normalized spacial score (nSPS) is 17.3. The van der Waals surface area contributed by atoms with Crippen molar-refractivity contribution in [3.8, 4) is 0 Å². The lowest BCUT2D eigenvalue weighted by molar-refractivity contribution is -0.0553. The van der Waals surface area contributed by atoms with Crippen molar-refractivity contribution in [1.82, 2.24) is 0 Å². The van der Waals surface area contributed by atoms with Crippen LogP contribution in [-0.2, 0) is 0 Å². The minimum Gasteiger partial charge on any atom is -0.390 e. The van der Waals surface area contributed by atoms with E-state index < -0.39 is 12.2 Å². The van der Waals surface area contributed by atoms with Gasteiger partial charge in [0.25, 0.3) is 0 Å². The summed E-state index contributed by atoms with van der Waals surface area (Å²) in [5.41, 5.74) is 2.45. The Labute approximate surface area is 119 Å². The third-order valence-corrected chi connectivity index (χ3v) is 4.10. The first kappa shape index (κ1) is 18.4. The molecule has 3 unspecified atom stereocenters. The summed E-state index contributed by atoms with van der Waals surface area (Å²) in [5.74, 6) is 0. The number of hydrogen-bond donors (Lipinski definition) is 2. The highest BCUT2D eigenvalue weighted by atomic mass is 16.3. The van der Waals surface area contributed by atoms with E-state index in [0.717, 1.165) is 44.9 Å². The molecule has 3 atom stereocenters. The highest BCUT2D eigenvalue weighted by molar-refractivity contribution is 5.03. The average molecular weight is 268 g/mol. The molecule has 0 rings (SSSR count). The maximum atomic E-state index is 10.5. The van der Waals surface area contributed by atoms with Gasteiger partial charge in [0.15, 0.2) is 0 Å². The molecule has 2 nitrogen and oxygen atoms in total. The summed E-state index contributed by atoms with van der Waals surface area (Å²) < 4.78 is 0. The maximum absolute atomic E-state index is 10.5. The van der Waals surface area contributed by atoms with E-state index in [-0.39, 0.29) is 5.41 Å². The fraction of sp³-hybridized carbons (Fsp3) is 0.824. The van der Waals surface area contributed by atoms with Crippen LogP contribution >= 0.6 is 0 Å². The topological polar surface area (TPSA) is 40.5 Å². The predicted octanol–water partition coefficient (Wildman–Crippen LogP) is 4.22. The predicted molar refractivity (Wildman–Crippen MR) is 82.1 cm³/mol. The van der Waals surface area contributed by atoms with Crippen LogP contribution in [0.15, 0.2) is 18.4 Å². The summed E-state index contributed by atoms with van der Waals surface area (Å²) in [5, 5.41) is 20.8. The number of unbranched alkanes of at least 4 members (excludes halogenated alkanes) is 3. The zero-order chi connectivity index (χ0) is 14.7. The van der Waals surface area contributed by atoms with Gasteiger partial charge >= 0.3 is 0 Å². The van der Waals surface area contributed by atoms with Crippen molar-refractivity contribution < 1.29 is 10.2 Å². The van der Waals surface area contributed by atoms with Crippen molar-refractivity contribution in [3.05, 3.63) is 18.4 Å². The Balaban J connectivity index is 4.76. The molecular weight excluding hydrogens is 236 g/mol. The summed E-state index contributed by atoms with van der Waals surface area (Å²) in [7, 11) is 0.